The van der Waals surface area contributed by atoms with Crippen molar-refractivity contribution in [1.82, 2.24) is 15.0 Å². The average Bonchev–Trinajstić information content (AvgIpc) is 2.98. The maximum absolute atomic E-state index is 5.99. The van der Waals surface area contributed by atoms with Crippen LogP contribution in [0.3, 0.4) is 0 Å². The third-order valence-electron chi connectivity index (χ3n) is 6.76. The predicted molar refractivity (Wildman–Crippen MR) is 155 cm³/mol. The van der Waals surface area contributed by atoms with Crippen molar-refractivity contribution in [3.8, 4) is 11.5 Å². The van der Waals surface area contributed by atoms with E-state index in [1.807, 2.05) is 42.5 Å². The van der Waals surface area contributed by atoms with Crippen molar-refractivity contribution in [2.45, 2.75) is 45.1 Å². The summed E-state index contributed by atoms with van der Waals surface area (Å²) in [4.78, 5) is 18.7. The molecule has 10 heteroatoms. The molecular weight excluding hydrogens is 546 g/mol. The number of hydrogen-bond donors (Lipinski definition) is 1. The minimum atomic E-state index is 0.455. The Labute approximate surface area is 232 Å². The molecule has 3 aromatic rings. The number of halogens is 1. The molecule has 2 aromatic carbocycles. The van der Waals surface area contributed by atoms with Gasteiger partial charge in [0.05, 0.1) is 13.3 Å². The maximum atomic E-state index is 5.99. The van der Waals surface area contributed by atoms with Crippen LogP contribution >= 0.6 is 15.9 Å². The zero-order chi connectivity index (χ0) is 26.2. The van der Waals surface area contributed by atoms with Crippen LogP contribution in [0.1, 0.15) is 49.7 Å². The van der Waals surface area contributed by atoms with Crippen LogP contribution < -0.4 is 24.7 Å². The van der Waals surface area contributed by atoms with Crippen LogP contribution in [0.15, 0.2) is 52.0 Å². The topological polar surface area (TPSA) is 88.0 Å². The first kappa shape index (κ1) is 26.2. The van der Waals surface area contributed by atoms with Crippen LogP contribution in [0.2, 0.25) is 0 Å². The summed E-state index contributed by atoms with van der Waals surface area (Å²) in [5.41, 5.74) is 4.98. The lowest BCUT2D eigenvalue weighted by atomic mass is 10.1. The van der Waals surface area contributed by atoms with Crippen molar-refractivity contribution in [3.63, 3.8) is 0 Å². The summed E-state index contributed by atoms with van der Waals surface area (Å²) in [6, 6.07) is 13.8. The van der Waals surface area contributed by atoms with Gasteiger partial charge in [0.15, 0.2) is 11.5 Å². The van der Waals surface area contributed by atoms with Crippen LogP contribution in [-0.4, -0.2) is 54.5 Å². The number of benzene rings is 2. The van der Waals surface area contributed by atoms with E-state index in [1.54, 1.807) is 13.3 Å². The first-order valence-electron chi connectivity index (χ1n) is 13.3. The fourth-order valence-electron chi connectivity index (χ4n) is 4.66. The van der Waals surface area contributed by atoms with E-state index < -0.39 is 0 Å². The molecule has 1 aromatic heterocycles. The molecule has 200 valence electrons. The molecule has 1 N–H and O–H groups in total. The summed E-state index contributed by atoms with van der Waals surface area (Å²) in [7, 11) is 1.63. The number of aromatic nitrogens is 3. The van der Waals surface area contributed by atoms with Crippen LogP contribution in [0.4, 0.5) is 17.8 Å². The standard InChI is InChI=1S/C28H34BrN7O2/c1-37-25-18-22(10-13-24(25)38-20-21-8-11-23(29)12-9-21)19-30-34-26-31-27(35-14-4-2-5-15-35)33-28(32-26)36-16-6-3-7-17-36/h8-13,18-19H,2-7,14-17,20H2,1H3,(H,31,32,33,34)/b30-19+. The van der Waals surface area contributed by atoms with Crippen molar-refractivity contribution >= 4 is 40.0 Å². The van der Waals surface area contributed by atoms with Gasteiger partial charge in [-0.2, -0.15) is 20.1 Å². The molecule has 2 aliphatic rings. The van der Waals surface area contributed by atoms with Crippen LogP contribution in [0.25, 0.3) is 0 Å². The van der Waals surface area contributed by atoms with Crippen molar-refractivity contribution < 1.29 is 9.47 Å². The van der Waals surface area contributed by atoms with E-state index >= 15 is 0 Å². The quantitative estimate of drug-likeness (QED) is 0.257. The fraction of sp³-hybridized carbons (Fsp3) is 0.429. The molecule has 2 saturated heterocycles. The smallest absolute Gasteiger partial charge is 0.250 e. The first-order chi connectivity index (χ1) is 18.7. The predicted octanol–water partition coefficient (Wildman–Crippen LogP) is 5.65. The van der Waals surface area contributed by atoms with Gasteiger partial charge in [-0.15, -0.1) is 0 Å². The fourth-order valence-corrected chi connectivity index (χ4v) is 4.93. The summed E-state index contributed by atoms with van der Waals surface area (Å²) >= 11 is 3.46. The molecule has 2 fully saturated rings. The lowest BCUT2D eigenvalue weighted by Crippen LogP contribution is -2.34. The van der Waals surface area contributed by atoms with Crippen molar-refractivity contribution in [2.75, 3.05) is 48.5 Å². The highest BCUT2D eigenvalue weighted by Gasteiger charge is 2.20. The van der Waals surface area contributed by atoms with Gasteiger partial charge in [0.2, 0.25) is 17.8 Å². The number of hydrazone groups is 1. The van der Waals surface area contributed by atoms with Crippen molar-refractivity contribution in [2.24, 2.45) is 5.10 Å². The molecule has 5 rings (SSSR count). The Kier molecular flexibility index (Phi) is 8.90. The second-order valence-corrected chi connectivity index (χ2v) is 10.5. The Bertz CT molecular complexity index is 1190. The van der Waals surface area contributed by atoms with Gasteiger partial charge in [0.1, 0.15) is 6.61 Å². The van der Waals surface area contributed by atoms with E-state index in [2.05, 4.69) is 36.3 Å². The second kappa shape index (κ2) is 12.9. The number of hydrogen-bond acceptors (Lipinski definition) is 9. The molecule has 0 spiro atoms. The third-order valence-corrected chi connectivity index (χ3v) is 7.29. The molecule has 0 bridgehead atoms. The van der Waals surface area contributed by atoms with Crippen LogP contribution in [0, 0.1) is 0 Å². The normalized spacial score (nSPS) is 16.1. The lowest BCUT2D eigenvalue weighted by molar-refractivity contribution is 0.284. The first-order valence-corrected chi connectivity index (χ1v) is 14.1. The monoisotopic (exact) mass is 579 g/mol. The van der Waals surface area contributed by atoms with Gasteiger partial charge in [0.25, 0.3) is 0 Å². The molecule has 38 heavy (non-hydrogen) atoms. The number of ether oxygens (including phenoxy) is 2. The zero-order valence-electron chi connectivity index (χ0n) is 21.8. The molecule has 0 radical (unpaired) electrons. The van der Waals surface area contributed by atoms with Gasteiger partial charge >= 0.3 is 0 Å². The van der Waals surface area contributed by atoms with Crippen LogP contribution in [0.5, 0.6) is 11.5 Å². The summed E-state index contributed by atoms with van der Waals surface area (Å²) in [5, 5.41) is 4.43. The van der Waals surface area contributed by atoms with E-state index in [9.17, 15) is 0 Å². The van der Waals surface area contributed by atoms with Gasteiger partial charge in [0, 0.05) is 30.7 Å². The summed E-state index contributed by atoms with van der Waals surface area (Å²) in [6.07, 6.45) is 8.90. The van der Waals surface area contributed by atoms with Crippen molar-refractivity contribution in [3.05, 3.63) is 58.1 Å². The molecule has 3 heterocycles. The highest BCUT2D eigenvalue weighted by molar-refractivity contribution is 9.10. The highest BCUT2D eigenvalue weighted by Crippen LogP contribution is 2.29. The number of nitrogens with one attached hydrogen (secondary N) is 1. The van der Waals surface area contributed by atoms with Crippen molar-refractivity contribution in [1.29, 1.82) is 0 Å². The molecule has 0 aliphatic carbocycles. The minimum absolute atomic E-state index is 0.455. The Balaban J connectivity index is 1.28. The maximum Gasteiger partial charge on any atom is 0.250 e. The Morgan fingerprint density at radius 2 is 1.47 bits per heavy atom. The zero-order valence-corrected chi connectivity index (χ0v) is 23.4. The average molecular weight is 581 g/mol. The SMILES string of the molecule is COc1cc(/C=N/Nc2nc(N3CCCCC3)nc(N3CCCCC3)n2)ccc1OCc1ccc(Br)cc1. The third kappa shape index (κ3) is 6.92. The van der Waals surface area contributed by atoms with Gasteiger partial charge in [-0.05, 0) is 80.0 Å². The molecule has 0 amide bonds. The number of rotatable bonds is 9. The number of anilines is 3. The van der Waals surface area contributed by atoms with Gasteiger partial charge in [-0.1, -0.05) is 28.1 Å². The van der Waals surface area contributed by atoms with Gasteiger partial charge in [-0.25, -0.2) is 5.43 Å². The van der Waals surface area contributed by atoms with E-state index in [1.165, 1.54) is 12.8 Å². The Morgan fingerprint density at radius 3 is 2.08 bits per heavy atom. The van der Waals surface area contributed by atoms with Gasteiger partial charge < -0.3 is 19.3 Å². The molecule has 0 saturated carbocycles. The summed E-state index contributed by atoms with van der Waals surface area (Å²) < 4.78 is 12.6. The minimum Gasteiger partial charge on any atom is -0.493 e. The largest absolute Gasteiger partial charge is 0.493 e. The highest BCUT2D eigenvalue weighted by atomic mass is 79.9. The summed E-state index contributed by atoms with van der Waals surface area (Å²) in [6.45, 7) is 4.35. The molecule has 9 nitrogen and oxygen atoms in total. The number of methoxy groups -OCH3 is 1. The molecule has 0 unspecified atom stereocenters. The molecule has 0 atom stereocenters. The Morgan fingerprint density at radius 1 is 0.842 bits per heavy atom. The van der Waals surface area contributed by atoms with E-state index in [0.29, 0.717) is 24.1 Å². The number of nitrogens with zero attached hydrogens (tertiary/aromatic N) is 6. The second-order valence-electron chi connectivity index (χ2n) is 9.55. The van der Waals surface area contributed by atoms with E-state index in [0.717, 1.165) is 79.4 Å². The van der Waals surface area contributed by atoms with E-state index in [-0.39, 0.29) is 0 Å². The van der Waals surface area contributed by atoms with Gasteiger partial charge in [-0.3, -0.25) is 0 Å². The number of piperidine rings is 2. The summed E-state index contributed by atoms with van der Waals surface area (Å²) in [5.74, 6) is 3.24. The Hall–Kier alpha value is -3.40. The lowest BCUT2D eigenvalue weighted by Gasteiger charge is -2.30. The molecular formula is C28H34BrN7O2. The van der Waals surface area contributed by atoms with E-state index in [4.69, 9.17) is 24.4 Å². The van der Waals surface area contributed by atoms with Crippen LogP contribution in [-0.2, 0) is 6.61 Å². The molecule has 2 aliphatic heterocycles.